The van der Waals surface area contributed by atoms with E-state index < -0.39 is 0 Å². The van der Waals surface area contributed by atoms with Gasteiger partial charge in [-0.15, -0.1) is 10.2 Å². The van der Waals surface area contributed by atoms with Crippen LogP contribution in [0.5, 0.6) is 0 Å². The van der Waals surface area contributed by atoms with Gasteiger partial charge in [-0.2, -0.15) is 4.80 Å². The second kappa shape index (κ2) is 8.65. The van der Waals surface area contributed by atoms with Crippen molar-refractivity contribution in [2.24, 2.45) is 0 Å². The van der Waals surface area contributed by atoms with Crippen LogP contribution in [-0.4, -0.2) is 47.2 Å². The molecule has 0 fully saturated rings. The Morgan fingerprint density at radius 3 is 2.82 bits per heavy atom. The fourth-order valence-electron chi connectivity index (χ4n) is 3.47. The summed E-state index contributed by atoms with van der Waals surface area (Å²) in [5, 5.41) is 18.9. The number of nitrogens with zero attached hydrogens (tertiary/aromatic N) is 7. The summed E-state index contributed by atoms with van der Waals surface area (Å²) in [6, 6.07) is 13.8. The van der Waals surface area contributed by atoms with Crippen LogP contribution >= 0.6 is 0 Å². The average molecular weight is 441 g/mol. The molecule has 0 aliphatic heterocycles. The van der Waals surface area contributed by atoms with Gasteiger partial charge in [0.25, 0.3) is 0 Å². The summed E-state index contributed by atoms with van der Waals surface area (Å²) in [5.41, 5.74) is 3.72. The molecule has 0 bridgehead atoms. The summed E-state index contributed by atoms with van der Waals surface area (Å²) in [6.07, 6.45) is 6.11. The van der Waals surface area contributed by atoms with Crippen LogP contribution in [0.3, 0.4) is 0 Å². The quantitative estimate of drug-likeness (QED) is 0.417. The number of hydrogen-bond acceptors (Lipinski definition) is 6. The molecule has 10 nitrogen and oxygen atoms in total. The fourth-order valence-corrected chi connectivity index (χ4v) is 3.47. The summed E-state index contributed by atoms with van der Waals surface area (Å²) < 4.78 is 1.88. The highest BCUT2D eigenvalue weighted by atomic mass is 16.2. The molecule has 1 aromatic carbocycles. The third-order valence-corrected chi connectivity index (χ3v) is 5.18. The maximum atomic E-state index is 12.3. The number of pyridine rings is 2. The molecule has 5 rings (SSSR count). The minimum Gasteiger partial charge on any atom is -0.337 e. The topological polar surface area (TPSA) is 115 Å². The maximum absolute atomic E-state index is 12.3. The number of urea groups is 1. The number of para-hydroxylation sites is 1. The van der Waals surface area contributed by atoms with Crippen molar-refractivity contribution in [1.29, 1.82) is 0 Å². The van der Waals surface area contributed by atoms with Crippen LogP contribution in [0.4, 0.5) is 10.6 Å². The normalized spacial score (nSPS) is 11.4. The van der Waals surface area contributed by atoms with Gasteiger partial charge in [-0.1, -0.05) is 18.2 Å². The summed E-state index contributed by atoms with van der Waals surface area (Å²) in [5.74, 6) is 1.05. The lowest BCUT2D eigenvalue weighted by Gasteiger charge is -2.04. The molecule has 0 saturated carbocycles. The molecular weight excluding hydrogens is 418 g/mol. The SMILES string of the molecule is CC(C)n1nnc(CCNC(=O)Nc2cn3cc(-c4cnc5ccccc5c4)ccc3n2)n1. The molecule has 4 aromatic heterocycles. The van der Waals surface area contributed by atoms with Crippen LogP contribution in [0.25, 0.3) is 27.7 Å². The molecule has 10 heteroatoms. The Labute approximate surface area is 189 Å². The van der Waals surface area contributed by atoms with E-state index in [1.807, 2.05) is 67.0 Å². The predicted octanol–water partition coefficient (Wildman–Crippen LogP) is 3.48. The number of carbonyl (C=O) groups excluding carboxylic acids is 1. The second-order valence-corrected chi connectivity index (χ2v) is 7.98. The van der Waals surface area contributed by atoms with Crippen molar-refractivity contribution in [3.8, 4) is 11.1 Å². The Hall–Kier alpha value is -4.34. The first-order chi connectivity index (χ1) is 16.0. The highest BCUT2D eigenvalue weighted by Crippen LogP contribution is 2.23. The van der Waals surface area contributed by atoms with Gasteiger partial charge in [-0.05, 0) is 43.3 Å². The van der Waals surface area contributed by atoms with Gasteiger partial charge in [0.2, 0.25) is 0 Å². The van der Waals surface area contributed by atoms with Gasteiger partial charge in [-0.3, -0.25) is 10.3 Å². The number of imidazole rings is 1. The summed E-state index contributed by atoms with van der Waals surface area (Å²) in [7, 11) is 0. The molecule has 5 aromatic rings. The smallest absolute Gasteiger partial charge is 0.320 e. The number of amides is 2. The molecular formula is C23H23N9O. The predicted molar refractivity (Wildman–Crippen MR) is 125 cm³/mol. The lowest BCUT2D eigenvalue weighted by Crippen LogP contribution is -2.30. The molecule has 0 radical (unpaired) electrons. The molecule has 2 amide bonds. The van der Waals surface area contributed by atoms with Crippen molar-refractivity contribution in [3.05, 3.63) is 66.9 Å². The number of anilines is 1. The first-order valence-corrected chi connectivity index (χ1v) is 10.7. The molecule has 4 heterocycles. The first kappa shape index (κ1) is 20.6. The van der Waals surface area contributed by atoms with E-state index in [2.05, 4.69) is 42.1 Å². The number of benzene rings is 1. The zero-order valence-electron chi connectivity index (χ0n) is 18.3. The highest BCUT2D eigenvalue weighted by Gasteiger charge is 2.09. The van der Waals surface area contributed by atoms with Crippen molar-refractivity contribution >= 4 is 28.4 Å². The van der Waals surface area contributed by atoms with Crippen LogP contribution in [0.2, 0.25) is 0 Å². The van der Waals surface area contributed by atoms with Gasteiger partial charge in [-0.25, -0.2) is 9.78 Å². The van der Waals surface area contributed by atoms with Crippen molar-refractivity contribution in [1.82, 2.24) is 39.9 Å². The van der Waals surface area contributed by atoms with Crippen LogP contribution in [0.15, 0.2) is 61.1 Å². The zero-order chi connectivity index (χ0) is 22.8. The van der Waals surface area contributed by atoms with Crippen molar-refractivity contribution in [2.75, 3.05) is 11.9 Å². The molecule has 33 heavy (non-hydrogen) atoms. The standard InChI is InChI=1S/C23H23N9O/c1-15(2)32-29-20(28-30-32)9-10-24-23(33)27-21-14-31-13-17(7-8-22(31)26-21)18-11-16-5-3-4-6-19(16)25-12-18/h3-8,11-15H,9-10H2,1-2H3,(H2,24,27,33). The van der Waals surface area contributed by atoms with E-state index in [0.717, 1.165) is 27.7 Å². The largest absolute Gasteiger partial charge is 0.337 e. The Bertz CT molecular complexity index is 1440. The molecule has 0 spiro atoms. The van der Waals surface area contributed by atoms with E-state index in [9.17, 15) is 4.79 Å². The number of carbonyl (C=O) groups is 1. The molecule has 0 atom stereocenters. The fraction of sp³-hybridized carbons (Fsp3) is 0.217. The third-order valence-electron chi connectivity index (χ3n) is 5.18. The number of fused-ring (bicyclic) bond motifs is 2. The highest BCUT2D eigenvalue weighted by molar-refractivity contribution is 5.88. The number of tetrazole rings is 1. The summed E-state index contributed by atoms with van der Waals surface area (Å²) >= 11 is 0. The van der Waals surface area contributed by atoms with E-state index >= 15 is 0 Å². The Morgan fingerprint density at radius 2 is 1.97 bits per heavy atom. The lowest BCUT2D eigenvalue weighted by atomic mass is 10.1. The maximum Gasteiger partial charge on any atom is 0.320 e. The summed E-state index contributed by atoms with van der Waals surface area (Å²) in [6.45, 7) is 4.35. The van der Waals surface area contributed by atoms with Crippen LogP contribution < -0.4 is 10.6 Å². The van der Waals surface area contributed by atoms with Gasteiger partial charge in [0.15, 0.2) is 11.6 Å². The van der Waals surface area contributed by atoms with Gasteiger partial charge < -0.3 is 9.72 Å². The van der Waals surface area contributed by atoms with Gasteiger partial charge >= 0.3 is 6.03 Å². The zero-order valence-corrected chi connectivity index (χ0v) is 18.3. The Balaban J connectivity index is 1.24. The first-order valence-electron chi connectivity index (χ1n) is 10.7. The third kappa shape index (κ3) is 4.49. The number of nitrogens with one attached hydrogen (secondary N) is 2. The number of aromatic nitrogens is 7. The molecule has 0 saturated heterocycles. The summed E-state index contributed by atoms with van der Waals surface area (Å²) in [4.78, 5) is 22.8. The van der Waals surface area contributed by atoms with Gasteiger partial charge in [0, 0.05) is 41.9 Å². The van der Waals surface area contributed by atoms with E-state index in [1.165, 1.54) is 0 Å². The van der Waals surface area contributed by atoms with Crippen LogP contribution in [-0.2, 0) is 6.42 Å². The molecule has 0 aliphatic carbocycles. The molecule has 2 N–H and O–H groups in total. The van der Waals surface area contributed by atoms with E-state index in [-0.39, 0.29) is 12.1 Å². The van der Waals surface area contributed by atoms with Crippen LogP contribution in [0.1, 0.15) is 25.7 Å². The van der Waals surface area contributed by atoms with E-state index in [1.54, 1.807) is 11.0 Å². The van der Waals surface area contributed by atoms with Gasteiger partial charge in [0.05, 0.1) is 17.8 Å². The molecule has 166 valence electrons. The van der Waals surface area contributed by atoms with E-state index in [0.29, 0.717) is 24.6 Å². The minimum absolute atomic E-state index is 0.149. The minimum atomic E-state index is -0.339. The van der Waals surface area contributed by atoms with Crippen molar-refractivity contribution in [2.45, 2.75) is 26.3 Å². The second-order valence-electron chi connectivity index (χ2n) is 7.98. The Morgan fingerprint density at radius 1 is 1.09 bits per heavy atom. The Kier molecular flexibility index (Phi) is 5.39. The van der Waals surface area contributed by atoms with E-state index in [4.69, 9.17) is 0 Å². The van der Waals surface area contributed by atoms with Crippen molar-refractivity contribution < 1.29 is 4.79 Å². The number of hydrogen-bond donors (Lipinski definition) is 2. The van der Waals surface area contributed by atoms with Crippen LogP contribution in [0, 0.1) is 0 Å². The van der Waals surface area contributed by atoms with Gasteiger partial charge in [0.1, 0.15) is 5.65 Å². The molecule has 0 aliphatic rings. The van der Waals surface area contributed by atoms with Crippen molar-refractivity contribution in [3.63, 3.8) is 0 Å². The monoisotopic (exact) mass is 441 g/mol. The number of rotatable bonds is 6. The lowest BCUT2D eigenvalue weighted by molar-refractivity contribution is 0.252. The average Bonchev–Trinajstić information content (AvgIpc) is 3.45. The molecule has 0 unspecified atom stereocenters.